The van der Waals surface area contributed by atoms with Gasteiger partial charge in [0, 0.05) is 6.26 Å². The smallest absolute Gasteiger partial charge is 0.338 e. The van der Waals surface area contributed by atoms with Gasteiger partial charge in [0.2, 0.25) is 0 Å². The Morgan fingerprint density at radius 2 is 2.00 bits per heavy atom. The van der Waals surface area contributed by atoms with E-state index in [1.54, 1.807) is 13.0 Å². The minimum absolute atomic E-state index is 0.0532. The Labute approximate surface area is 126 Å². The number of esters is 1. The molecule has 0 aliphatic heterocycles. The number of rotatable bonds is 3. The van der Waals surface area contributed by atoms with E-state index in [2.05, 4.69) is 6.92 Å². The van der Waals surface area contributed by atoms with Crippen LogP contribution in [0.5, 0.6) is 0 Å². The predicted octanol–water partition coefficient (Wildman–Crippen LogP) is 3.13. The van der Waals surface area contributed by atoms with Crippen molar-refractivity contribution in [3.8, 4) is 0 Å². The van der Waals surface area contributed by atoms with E-state index < -0.39 is 15.8 Å². The molecule has 1 aliphatic carbocycles. The maximum atomic E-state index is 12.3. The number of hydrogen-bond donors (Lipinski definition) is 0. The molecule has 2 unspecified atom stereocenters. The normalized spacial score (nSPS) is 22.8. The number of carbonyl (C=O) groups is 1. The van der Waals surface area contributed by atoms with E-state index in [1.807, 2.05) is 0 Å². The van der Waals surface area contributed by atoms with Crippen LogP contribution in [0.25, 0.3) is 0 Å². The first kappa shape index (κ1) is 16.0. The molecule has 4 nitrogen and oxygen atoms in total. The van der Waals surface area contributed by atoms with Gasteiger partial charge in [-0.05, 0) is 49.8 Å². The van der Waals surface area contributed by atoms with E-state index >= 15 is 0 Å². The van der Waals surface area contributed by atoms with Crippen LogP contribution in [0.2, 0.25) is 0 Å². The van der Waals surface area contributed by atoms with Crippen LogP contribution in [-0.4, -0.2) is 26.7 Å². The topological polar surface area (TPSA) is 60.4 Å². The molecule has 1 aromatic carbocycles. The summed E-state index contributed by atoms with van der Waals surface area (Å²) < 4.78 is 28.8. The minimum atomic E-state index is -3.33. The summed E-state index contributed by atoms with van der Waals surface area (Å²) >= 11 is 0. The van der Waals surface area contributed by atoms with Crippen molar-refractivity contribution >= 4 is 15.8 Å². The zero-order valence-electron chi connectivity index (χ0n) is 12.8. The molecule has 0 aromatic heterocycles. The van der Waals surface area contributed by atoms with E-state index in [0.717, 1.165) is 31.1 Å². The molecule has 2 atom stereocenters. The molecular weight excluding hydrogens is 288 g/mol. The Morgan fingerprint density at radius 1 is 1.29 bits per heavy atom. The highest BCUT2D eigenvalue weighted by Crippen LogP contribution is 2.27. The summed E-state index contributed by atoms with van der Waals surface area (Å²) in [4.78, 5) is 12.5. The van der Waals surface area contributed by atoms with E-state index in [1.165, 1.54) is 18.6 Å². The van der Waals surface area contributed by atoms with Gasteiger partial charge < -0.3 is 4.74 Å². The number of ether oxygens (including phenoxy) is 1. The highest BCUT2D eigenvalue weighted by atomic mass is 32.2. The maximum Gasteiger partial charge on any atom is 0.338 e. The second-order valence-corrected chi connectivity index (χ2v) is 8.06. The molecule has 116 valence electrons. The van der Waals surface area contributed by atoms with Crippen LogP contribution in [-0.2, 0) is 14.6 Å². The molecule has 0 radical (unpaired) electrons. The van der Waals surface area contributed by atoms with Gasteiger partial charge in [-0.25, -0.2) is 13.2 Å². The zero-order valence-corrected chi connectivity index (χ0v) is 13.6. The van der Waals surface area contributed by atoms with E-state index in [-0.39, 0.29) is 11.0 Å². The molecule has 5 heteroatoms. The van der Waals surface area contributed by atoms with Crippen LogP contribution in [0, 0.1) is 12.8 Å². The first-order valence-electron chi connectivity index (χ1n) is 7.29. The van der Waals surface area contributed by atoms with Crippen LogP contribution in [0.1, 0.15) is 48.5 Å². The fraction of sp³-hybridized carbons (Fsp3) is 0.562. The van der Waals surface area contributed by atoms with Gasteiger partial charge >= 0.3 is 5.97 Å². The van der Waals surface area contributed by atoms with Gasteiger partial charge in [0.25, 0.3) is 0 Å². The van der Waals surface area contributed by atoms with Crippen LogP contribution < -0.4 is 0 Å². The fourth-order valence-corrected chi connectivity index (χ4v) is 3.40. The summed E-state index contributed by atoms with van der Waals surface area (Å²) in [5, 5.41) is 0. The third kappa shape index (κ3) is 4.06. The molecule has 21 heavy (non-hydrogen) atoms. The Kier molecular flexibility index (Phi) is 4.71. The standard InChI is InChI=1S/C16H22O4S/c1-11-5-4-6-13(9-11)20-16(17)15-10-14(21(3,18)19)8-7-12(15)2/h7-8,10-11,13H,4-6,9H2,1-3H3. The highest BCUT2D eigenvalue weighted by molar-refractivity contribution is 7.90. The van der Waals surface area contributed by atoms with Crippen molar-refractivity contribution < 1.29 is 17.9 Å². The van der Waals surface area contributed by atoms with Crippen molar-refractivity contribution in [3.63, 3.8) is 0 Å². The third-order valence-electron chi connectivity index (χ3n) is 4.02. The van der Waals surface area contributed by atoms with Crippen molar-refractivity contribution in [2.45, 2.75) is 50.5 Å². The first-order valence-corrected chi connectivity index (χ1v) is 9.18. The third-order valence-corrected chi connectivity index (χ3v) is 5.13. The molecular formula is C16H22O4S. The van der Waals surface area contributed by atoms with Gasteiger partial charge in [0.15, 0.2) is 9.84 Å². The number of aryl methyl sites for hydroxylation is 1. The van der Waals surface area contributed by atoms with Crippen LogP contribution >= 0.6 is 0 Å². The molecule has 0 spiro atoms. The molecule has 0 heterocycles. The monoisotopic (exact) mass is 310 g/mol. The Hall–Kier alpha value is -1.36. The van der Waals surface area contributed by atoms with Gasteiger partial charge in [-0.3, -0.25) is 0 Å². The molecule has 1 aromatic rings. The lowest BCUT2D eigenvalue weighted by Crippen LogP contribution is -2.25. The fourth-order valence-electron chi connectivity index (χ4n) is 2.75. The average molecular weight is 310 g/mol. The second-order valence-electron chi connectivity index (χ2n) is 6.05. The van der Waals surface area contributed by atoms with Gasteiger partial charge in [0.05, 0.1) is 10.5 Å². The molecule has 1 fully saturated rings. The van der Waals surface area contributed by atoms with Crippen molar-refractivity contribution in [1.82, 2.24) is 0 Å². The lowest BCUT2D eigenvalue weighted by molar-refractivity contribution is 0.0154. The molecule has 0 N–H and O–H groups in total. The molecule has 0 bridgehead atoms. The highest BCUT2D eigenvalue weighted by Gasteiger charge is 2.24. The predicted molar refractivity (Wildman–Crippen MR) is 81.1 cm³/mol. The van der Waals surface area contributed by atoms with E-state index in [9.17, 15) is 13.2 Å². The van der Waals surface area contributed by atoms with Crippen LogP contribution in [0.15, 0.2) is 23.1 Å². The lowest BCUT2D eigenvalue weighted by atomic mass is 9.88. The molecule has 1 aliphatic rings. The first-order chi connectivity index (χ1) is 9.77. The van der Waals surface area contributed by atoms with Gasteiger partial charge in [-0.15, -0.1) is 0 Å². The van der Waals surface area contributed by atoms with Gasteiger partial charge in [-0.1, -0.05) is 19.4 Å². The zero-order chi connectivity index (χ0) is 15.6. The van der Waals surface area contributed by atoms with Gasteiger partial charge in [-0.2, -0.15) is 0 Å². The molecule has 0 saturated heterocycles. The SMILES string of the molecule is Cc1ccc(S(C)(=O)=O)cc1C(=O)OC1CCCC(C)C1. The van der Waals surface area contributed by atoms with E-state index in [0.29, 0.717) is 11.5 Å². The van der Waals surface area contributed by atoms with E-state index in [4.69, 9.17) is 4.74 Å². The lowest BCUT2D eigenvalue weighted by Gasteiger charge is -2.26. The Bertz CT molecular complexity index is 634. The number of hydrogen-bond acceptors (Lipinski definition) is 4. The summed E-state index contributed by atoms with van der Waals surface area (Å²) in [6.45, 7) is 3.95. The summed E-state index contributed by atoms with van der Waals surface area (Å²) in [5.74, 6) is 0.150. The number of carbonyl (C=O) groups excluding carboxylic acids is 1. The van der Waals surface area contributed by atoms with Crippen molar-refractivity contribution in [1.29, 1.82) is 0 Å². The summed E-state index contributed by atoms with van der Waals surface area (Å²) in [5.41, 5.74) is 1.08. The van der Waals surface area contributed by atoms with Crippen LogP contribution in [0.3, 0.4) is 0 Å². The van der Waals surface area contributed by atoms with Crippen molar-refractivity contribution in [3.05, 3.63) is 29.3 Å². The summed E-state index contributed by atoms with van der Waals surface area (Å²) in [6, 6.07) is 4.58. The Morgan fingerprint density at radius 3 is 2.62 bits per heavy atom. The summed E-state index contributed by atoms with van der Waals surface area (Å²) in [6.07, 6.45) is 5.10. The largest absolute Gasteiger partial charge is 0.459 e. The quantitative estimate of drug-likeness (QED) is 0.805. The Balaban J connectivity index is 2.18. The molecule has 1 saturated carbocycles. The van der Waals surface area contributed by atoms with Gasteiger partial charge in [0.1, 0.15) is 6.10 Å². The number of sulfone groups is 1. The summed E-state index contributed by atoms with van der Waals surface area (Å²) in [7, 11) is -3.33. The minimum Gasteiger partial charge on any atom is -0.459 e. The second kappa shape index (κ2) is 6.18. The average Bonchev–Trinajstić information content (AvgIpc) is 2.37. The molecule has 2 rings (SSSR count). The van der Waals surface area contributed by atoms with Crippen molar-refractivity contribution in [2.75, 3.05) is 6.26 Å². The maximum absolute atomic E-state index is 12.3. The van der Waals surface area contributed by atoms with Crippen molar-refractivity contribution in [2.24, 2.45) is 5.92 Å². The number of benzene rings is 1. The molecule has 0 amide bonds. The van der Waals surface area contributed by atoms with Crippen LogP contribution in [0.4, 0.5) is 0 Å².